The van der Waals surface area contributed by atoms with Crippen molar-refractivity contribution in [3.05, 3.63) is 23.8 Å². The van der Waals surface area contributed by atoms with Crippen LogP contribution < -0.4 is 0 Å². The van der Waals surface area contributed by atoms with Crippen LogP contribution in [0.4, 0.5) is 0 Å². The van der Waals surface area contributed by atoms with Gasteiger partial charge in [-0.25, -0.2) is 0 Å². The maximum Gasteiger partial charge on any atom is 0.311 e. The predicted molar refractivity (Wildman–Crippen MR) is 210 cm³/mol. The molecular formula is C41H60N4O11S. The van der Waals surface area contributed by atoms with Crippen LogP contribution in [0.2, 0.25) is 0 Å². The number of esters is 2. The largest absolute Gasteiger partial charge is 0.458 e. The smallest absolute Gasteiger partial charge is 0.311 e. The number of aromatic nitrogens is 2. The molecule has 4 saturated heterocycles. The lowest BCUT2D eigenvalue weighted by Crippen LogP contribution is -2.60. The topological polar surface area (TPSA) is 177 Å². The molecule has 2 aromatic rings. The molecule has 316 valence electrons. The molecule has 4 aliphatic heterocycles. The maximum atomic E-state index is 14.5. The average Bonchev–Trinajstić information content (AvgIpc) is 3.79. The molecule has 4 fully saturated rings. The van der Waals surface area contributed by atoms with Gasteiger partial charge >= 0.3 is 11.9 Å². The van der Waals surface area contributed by atoms with E-state index in [1.54, 1.807) is 13.8 Å². The standard InChI is InChI=1S/C41H60N4O11S/c1-11-31-41(8)28(16-32(46)56-41)23(4)34(47)21(2)17-40(7)37(55-39-35(48)30(45(9)10)15-22(3)53-39)24(5)36(25(6)38(49)54-31)50-19-27(20-51-40)42-52-18-26-13-12-14-29-33(26)44-57-43-29/h12-14,21-25,28,30-31,35-37,39,48H,11,15-20H2,1-10H3/b42-27-/t21-,22-,23-,24+,25-,28+,30+,31-,35-,36+,37-,39+,40-,41+/m1/s1. The molecule has 0 aliphatic carbocycles. The Morgan fingerprint density at radius 3 is 2.53 bits per heavy atom. The number of Topliss-reactive ketones (excluding diaryl/α,β-unsaturated/α-hetero) is 1. The summed E-state index contributed by atoms with van der Waals surface area (Å²) in [7, 11) is 3.81. The molecule has 5 heterocycles. The predicted octanol–water partition coefficient (Wildman–Crippen LogP) is 4.71. The Bertz CT molecular complexity index is 1790. The minimum atomic E-state index is -1.23. The van der Waals surface area contributed by atoms with E-state index in [9.17, 15) is 19.5 Å². The number of aliphatic hydroxyl groups excluding tert-OH is 1. The van der Waals surface area contributed by atoms with Crippen molar-refractivity contribution in [2.75, 3.05) is 27.3 Å². The van der Waals surface area contributed by atoms with Gasteiger partial charge in [-0.3, -0.25) is 14.4 Å². The van der Waals surface area contributed by atoms with Crippen molar-refractivity contribution in [1.82, 2.24) is 13.6 Å². The summed E-state index contributed by atoms with van der Waals surface area (Å²) in [5, 5.41) is 16.2. The number of rotatable bonds is 7. The number of carbonyl (C=O) groups excluding carboxylic acids is 3. The second-order valence-electron chi connectivity index (χ2n) is 17.2. The minimum absolute atomic E-state index is 0.0252. The van der Waals surface area contributed by atoms with E-state index in [0.717, 1.165) is 28.3 Å². The number of cyclic esters (lactones) is 1. The van der Waals surface area contributed by atoms with Crippen LogP contribution in [0.1, 0.15) is 86.6 Å². The number of carbonyl (C=O) groups is 3. The first-order valence-corrected chi connectivity index (χ1v) is 20.9. The SMILES string of the molecule is CC[C@H]1OC(=O)[C@H](C)[C@H]2OC/C(=N/OCc3cccc4nsnc34)CO[C@](C)(C[C@@H](C)C(=O)[C@H](C)[C@@H]3CC(=O)O[C@]13C)[C@H](O[C@@H]1O[C@H](C)C[C@H](N(C)C)[C@H]1O)[C@H]2C. The number of oxime groups is 1. The van der Waals surface area contributed by atoms with Crippen LogP contribution in [-0.4, -0.2) is 124 Å². The third-order valence-electron chi connectivity index (χ3n) is 12.8. The summed E-state index contributed by atoms with van der Waals surface area (Å²) in [4.78, 5) is 49.7. The van der Waals surface area contributed by atoms with Crippen LogP contribution in [0.5, 0.6) is 0 Å². The van der Waals surface area contributed by atoms with Crippen molar-refractivity contribution in [2.24, 2.45) is 34.7 Å². The number of nitrogens with zero attached hydrogens (tertiary/aromatic N) is 4. The lowest BCUT2D eigenvalue weighted by atomic mass is 9.70. The first-order valence-electron chi connectivity index (χ1n) is 20.2. The third-order valence-corrected chi connectivity index (χ3v) is 13.3. The zero-order valence-corrected chi connectivity index (χ0v) is 35.7. The van der Waals surface area contributed by atoms with Crippen LogP contribution in [0, 0.1) is 29.6 Å². The monoisotopic (exact) mass is 816 g/mol. The molecule has 16 heteroatoms. The van der Waals surface area contributed by atoms with Crippen molar-refractivity contribution in [1.29, 1.82) is 0 Å². The minimum Gasteiger partial charge on any atom is -0.458 e. The molecular weight excluding hydrogens is 757 g/mol. The summed E-state index contributed by atoms with van der Waals surface area (Å²) in [5.74, 6) is -4.25. The Kier molecular flexibility index (Phi) is 13.4. The number of ketones is 1. The highest BCUT2D eigenvalue weighted by Gasteiger charge is 2.57. The highest BCUT2D eigenvalue weighted by Crippen LogP contribution is 2.46. The molecule has 15 nitrogen and oxygen atoms in total. The van der Waals surface area contributed by atoms with E-state index in [1.807, 2.05) is 78.7 Å². The number of ether oxygens (including phenoxy) is 6. The fourth-order valence-corrected chi connectivity index (χ4v) is 10.1. The highest BCUT2D eigenvalue weighted by atomic mass is 32.1. The Labute approximate surface area is 339 Å². The van der Waals surface area contributed by atoms with Crippen LogP contribution in [0.25, 0.3) is 11.0 Å². The fraction of sp³-hybridized carbons (Fsp3) is 0.756. The number of hydrogen-bond acceptors (Lipinski definition) is 16. The van der Waals surface area contributed by atoms with E-state index >= 15 is 0 Å². The lowest BCUT2D eigenvalue weighted by Gasteiger charge is -2.48. The second-order valence-corrected chi connectivity index (χ2v) is 17.8. The van der Waals surface area contributed by atoms with Gasteiger partial charge in [0.15, 0.2) is 6.29 Å². The molecule has 0 spiro atoms. The molecule has 0 radical (unpaired) electrons. The summed E-state index contributed by atoms with van der Waals surface area (Å²) in [5.41, 5.74) is 0.279. The van der Waals surface area contributed by atoms with E-state index < -0.39 is 83.4 Å². The Morgan fingerprint density at radius 1 is 1.05 bits per heavy atom. The van der Waals surface area contributed by atoms with Gasteiger partial charge in [-0.05, 0) is 67.1 Å². The normalized spacial score (nSPS) is 40.6. The van der Waals surface area contributed by atoms with Gasteiger partial charge in [0.05, 0.1) is 61.2 Å². The van der Waals surface area contributed by atoms with E-state index in [1.165, 1.54) is 0 Å². The summed E-state index contributed by atoms with van der Waals surface area (Å²) in [6, 6.07) is 5.42. The molecule has 0 amide bonds. The molecule has 6 rings (SSSR count). The Hall–Kier alpha value is -3.12. The van der Waals surface area contributed by atoms with Crippen molar-refractivity contribution in [3.8, 4) is 0 Å². The quantitative estimate of drug-likeness (QED) is 0.300. The summed E-state index contributed by atoms with van der Waals surface area (Å²) >= 11 is 1.12. The molecule has 0 saturated carbocycles. The van der Waals surface area contributed by atoms with Gasteiger partial charge < -0.3 is 43.3 Å². The summed E-state index contributed by atoms with van der Waals surface area (Å²) in [6.45, 7) is 14.8. The first-order chi connectivity index (χ1) is 27.0. The van der Waals surface area contributed by atoms with Gasteiger partial charge in [-0.15, -0.1) is 0 Å². The van der Waals surface area contributed by atoms with Crippen molar-refractivity contribution in [3.63, 3.8) is 0 Å². The summed E-state index contributed by atoms with van der Waals surface area (Å²) in [6.07, 6.45) is -3.68. The van der Waals surface area contributed by atoms with E-state index in [-0.39, 0.29) is 50.6 Å². The number of hydrogen-bond donors (Lipinski definition) is 1. The zero-order valence-electron chi connectivity index (χ0n) is 34.8. The molecule has 0 unspecified atom stereocenters. The maximum absolute atomic E-state index is 14.5. The Morgan fingerprint density at radius 2 is 1.81 bits per heavy atom. The average molecular weight is 817 g/mol. The van der Waals surface area contributed by atoms with Crippen LogP contribution in [-0.2, 0) is 54.2 Å². The van der Waals surface area contributed by atoms with Crippen LogP contribution in [0.3, 0.4) is 0 Å². The molecule has 1 N–H and O–H groups in total. The molecule has 14 atom stereocenters. The third kappa shape index (κ3) is 8.92. The number of benzene rings is 1. The van der Waals surface area contributed by atoms with Crippen LogP contribution in [0.15, 0.2) is 23.4 Å². The number of likely N-dealkylation sites (N-methyl/N-ethyl adjacent to an activating group) is 1. The lowest BCUT2D eigenvalue weighted by molar-refractivity contribution is -0.302. The molecule has 1 aromatic heterocycles. The van der Waals surface area contributed by atoms with Gasteiger partial charge in [0.1, 0.15) is 46.9 Å². The molecule has 57 heavy (non-hydrogen) atoms. The zero-order chi connectivity index (χ0) is 41.4. The van der Waals surface area contributed by atoms with Crippen molar-refractivity contribution >= 4 is 46.2 Å². The summed E-state index contributed by atoms with van der Waals surface area (Å²) < 4.78 is 47.7. The van der Waals surface area contributed by atoms with E-state index in [0.29, 0.717) is 18.6 Å². The molecule has 1 aromatic carbocycles. The number of fused-ring (bicyclic) bond motifs is 5. The number of aliphatic hydroxyl groups is 1. The van der Waals surface area contributed by atoms with Crippen LogP contribution >= 0.6 is 11.7 Å². The molecule has 2 bridgehead atoms. The fourth-order valence-electron chi connectivity index (χ4n) is 9.58. The van der Waals surface area contributed by atoms with Crippen molar-refractivity contribution in [2.45, 2.75) is 142 Å². The first kappa shape index (κ1) is 43.5. The second kappa shape index (κ2) is 17.6. The highest BCUT2D eigenvalue weighted by molar-refractivity contribution is 7.00. The van der Waals surface area contributed by atoms with Gasteiger partial charge in [-0.2, -0.15) is 8.75 Å². The van der Waals surface area contributed by atoms with Crippen molar-refractivity contribution < 1.29 is 52.7 Å². The molecule has 4 aliphatic rings. The van der Waals surface area contributed by atoms with Gasteiger partial charge in [0.25, 0.3) is 0 Å². The van der Waals surface area contributed by atoms with Gasteiger partial charge in [0.2, 0.25) is 0 Å². The van der Waals surface area contributed by atoms with Gasteiger partial charge in [0, 0.05) is 35.3 Å². The van der Waals surface area contributed by atoms with Gasteiger partial charge in [-0.1, -0.05) is 45.0 Å². The van der Waals surface area contributed by atoms with E-state index in [2.05, 4.69) is 13.9 Å². The Balaban J connectivity index is 1.41. The van der Waals surface area contributed by atoms with E-state index in [4.69, 9.17) is 33.3 Å².